The molecule has 1 aromatic rings. The number of carbonyl (C=O) groups is 2. The minimum absolute atomic E-state index is 0.101. The molecule has 0 radical (unpaired) electrons. The average molecular weight is 355 g/mol. The SMILES string of the molecule is CCC1C(=O)NC(C2CC2)C(=O)N1c1ccc(F)cc1Br. The van der Waals surface area contributed by atoms with Crippen molar-refractivity contribution in [2.45, 2.75) is 38.3 Å². The van der Waals surface area contributed by atoms with Gasteiger partial charge in [-0.1, -0.05) is 6.92 Å². The Hall–Kier alpha value is -1.43. The Morgan fingerprint density at radius 2 is 2.10 bits per heavy atom. The lowest BCUT2D eigenvalue weighted by molar-refractivity contribution is -0.134. The maximum Gasteiger partial charge on any atom is 0.250 e. The molecule has 1 aromatic carbocycles. The molecule has 2 aliphatic rings. The van der Waals surface area contributed by atoms with Crippen molar-refractivity contribution in [3.05, 3.63) is 28.5 Å². The van der Waals surface area contributed by atoms with Crippen molar-refractivity contribution in [2.24, 2.45) is 5.92 Å². The Bertz CT molecular complexity index is 603. The summed E-state index contributed by atoms with van der Waals surface area (Å²) in [5.41, 5.74) is 0.550. The van der Waals surface area contributed by atoms with Gasteiger partial charge in [0.1, 0.15) is 17.9 Å². The topological polar surface area (TPSA) is 49.4 Å². The highest BCUT2D eigenvalue weighted by molar-refractivity contribution is 9.10. The number of hydrogen-bond acceptors (Lipinski definition) is 2. The van der Waals surface area contributed by atoms with Gasteiger partial charge in [-0.25, -0.2) is 4.39 Å². The molecule has 4 nitrogen and oxygen atoms in total. The molecule has 2 amide bonds. The molecule has 0 spiro atoms. The van der Waals surface area contributed by atoms with Crippen molar-refractivity contribution in [3.63, 3.8) is 0 Å². The lowest BCUT2D eigenvalue weighted by Gasteiger charge is -2.39. The minimum Gasteiger partial charge on any atom is -0.342 e. The molecule has 1 aliphatic carbocycles. The maximum absolute atomic E-state index is 13.3. The summed E-state index contributed by atoms with van der Waals surface area (Å²) in [7, 11) is 0. The lowest BCUT2D eigenvalue weighted by atomic mass is 10.0. The van der Waals surface area contributed by atoms with E-state index in [0.717, 1.165) is 12.8 Å². The quantitative estimate of drug-likeness (QED) is 0.906. The van der Waals surface area contributed by atoms with Crippen LogP contribution in [0.2, 0.25) is 0 Å². The van der Waals surface area contributed by atoms with Gasteiger partial charge in [-0.15, -0.1) is 0 Å². The molecule has 1 saturated heterocycles. The Kier molecular flexibility index (Phi) is 3.73. The predicted molar refractivity (Wildman–Crippen MR) is 80.3 cm³/mol. The van der Waals surface area contributed by atoms with Gasteiger partial charge in [-0.3, -0.25) is 14.5 Å². The van der Waals surface area contributed by atoms with Crippen molar-refractivity contribution in [1.29, 1.82) is 0 Å². The fourth-order valence-electron chi connectivity index (χ4n) is 2.81. The number of carbonyl (C=O) groups excluding carboxylic acids is 2. The second-order valence-corrected chi connectivity index (χ2v) is 6.41. The second kappa shape index (κ2) is 5.40. The van der Waals surface area contributed by atoms with Crippen LogP contribution in [0.5, 0.6) is 0 Å². The van der Waals surface area contributed by atoms with Crippen LogP contribution < -0.4 is 10.2 Å². The summed E-state index contributed by atoms with van der Waals surface area (Å²) in [4.78, 5) is 26.6. The van der Waals surface area contributed by atoms with Gasteiger partial charge >= 0.3 is 0 Å². The first-order valence-corrected chi connectivity index (χ1v) is 7.90. The Morgan fingerprint density at radius 3 is 2.67 bits per heavy atom. The van der Waals surface area contributed by atoms with Gasteiger partial charge in [0, 0.05) is 4.47 Å². The summed E-state index contributed by atoms with van der Waals surface area (Å²) < 4.78 is 13.8. The number of rotatable bonds is 3. The number of benzene rings is 1. The zero-order chi connectivity index (χ0) is 15.1. The molecule has 2 atom stereocenters. The average Bonchev–Trinajstić information content (AvgIpc) is 3.26. The van der Waals surface area contributed by atoms with Crippen LogP contribution in [-0.4, -0.2) is 23.9 Å². The van der Waals surface area contributed by atoms with Crippen LogP contribution in [0.25, 0.3) is 0 Å². The summed E-state index contributed by atoms with van der Waals surface area (Å²) in [6.45, 7) is 1.86. The first kappa shape index (κ1) is 14.5. The molecular weight excluding hydrogens is 339 g/mol. The van der Waals surface area contributed by atoms with Crippen LogP contribution in [0, 0.1) is 11.7 Å². The van der Waals surface area contributed by atoms with Gasteiger partial charge < -0.3 is 5.32 Å². The van der Waals surface area contributed by atoms with Crippen molar-refractivity contribution < 1.29 is 14.0 Å². The summed E-state index contributed by atoms with van der Waals surface area (Å²) >= 11 is 3.29. The number of halogens is 2. The molecule has 1 saturated carbocycles. The minimum atomic E-state index is -0.547. The third kappa shape index (κ3) is 2.57. The fraction of sp³-hybridized carbons (Fsp3) is 0.467. The van der Waals surface area contributed by atoms with E-state index in [1.807, 2.05) is 6.92 Å². The van der Waals surface area contributed by atoms with E-state index in [0.29, 0.717) is 16.6 Å². The summed E-state index contributed by atoms with van der Waals surface area (Å²) in [5.74, 6) is -0.381. The van der Waals surface area contributed by atoms with Gasteiger partial charge in [0.2, 0.25) is 5.91 Å². The molecule has 3 rings (SSSR count). The lowest BCUT2D eigenvalue weighted by Crippen LogP contribution is -2.64. The summed E-state index contributed by atoms with van der Waals surface area (Å²) in [6.07, 6.45) is 2.44. The zero-order valence-corrected chi connectivity index (χ0v) is 13.2. The number of nitrogens with one attached hydrogen (secondary N) is 1. The van der Waals surface area contributed by atoms with E-state index in [2.05, 4.69) is 21.2 Å². The van der Waals surface area contributed by atoms with Crippen molar-refractivity contribution in [1.82, 2.24) is 5.32 Å². The van der Waals surface area contributed by atoms with Crippen LogP contribution in [0.4, 0.5) is 10.1 Å². The first-order valence-electron chi connectivity index (χ1n) is 7.11. The molecule has 21 heavy (non-hydrogen) atoms. The van der Waals surface area contributed by atoms with Crippen LogP contribution >= 0.6 is 15.9 Å². The molecule has 1 heterocycles. The van der Waals surface area contributed by atoms with E-state index < -0.39 is 12.1 Å². The number of hydrogen-bond donors (Lipinski definition) is 1. The fourth-order valence-corrected chi connectivity index (χ4v) is 3.35. The number of amides is 2. The van der Waals surface area contributed by atoms with E-state index in [-0.39, 0.29) is 23.5 Å². The highest BCUT2D eigenvalue weighted by Crippen LogP contribution is 2.38. The normalized spacial score (nSPS) is 26.0. The molecule has 2 fully saturated rings. The van der Waals surface area contributed by atoms with Crippen LogP contribution in [0.3, 0.4) is 0 Å². The highest BCUT2D eigenvalue weighted by atomic mass is 79.9. The molecular formula is C15H16BrFN2O2. The smallest absolute Gasteiger partial charge is 0.250 e. The second-order valence-electron chi connectivity index (χ2n) is 5.55. The van der Waals surface area contributed by atoms with Crippen molar-refractivity contribution >= 4 is 33.4 Å². The number of piperazine rings is 1. The molecule has 6 heteroatoms. The Labute approximate surface area is 130 Å². The summed E-state index contributed by atoms with van der Waals surface area (Å²) in [6, 6.07) is 3.17. The molecule has 1 N–H and O–H groups in total. The number of nitrogens with zero attached hydrogens (tertiary/aromatic N) is 1. The van der Waals surface area contributed by atoms with Crippen LogP contribution in [-0.2, 0) is 9.59 Å². The van der Waals surface area contributed by atoms with Gasteiger partial charge in [0.15, 0.2) is 0 Å². The third-order valence-corrected chi connectivity index (χ3v) is 4.70. The van der Waals surface area contributed by atoms with Crippen LogP contribution in [0.15, 0.2) is 22.7 Å². The van der Waals surface area contributed by atoms with Crippen molar-refractivity contribution in [2.75, 3.05) is 4.90 Å². The van der Waals surface area contributed by atoms with Gasteiger partial charge in [-0.05, 0) is 59.3 Å². The molecule has 112 valence electrons. The Morgan fingerprint density at radius 1 is 1.38 bits per heavy atom. The summed E-state index contributed by atoms with van der Waals surface area (Å²) in [5, 5.41) is 2.84. The van der Waals surface area contributed by atoms with E-state index in [9.17, 15) is 14.0 Å². The molecule has 2 unspecified atom stereocenters. The molecule has 0 bridgehead atoms. The zero-order valence-electron chi connectivity index (χ0n) is 11.6. The highest BCUT2D eigenvalue weighted by Gasteiger charge is 2.47. The first-order chi connectivity index (χ1) is 10.0. The van der Waals surface area contributed by atoms with E-state index in [4.69, 9.17) is 0 Å². The number of anilines is 1. The predicted octanol–water partition coefficient (Wildman–Crippen LogP) is 2.61. The maximum atomic E-state index is 13.3. The Balaban J connectivity index is 2.01. The third-order valence-electron chi connectivity index (χ3n) is 4.06. The van der Waals surface area contributed by atoms with Gasteiger partial charge in [0.25, 0.3) is 5.91 Å². The largest absolute Gasteiger partial charge is 0.342 e. The van der Waals surface area contributed by atoms with Gasteiger partial charge in [0.05, 0.1) is 5.69 Å². The standard InChI is InChI=1S/C15H16BrFN2O2/c1-2-11-14(20)18-13(8-3-4-8)15(21)19(11)12-6-5-9(17)7-10(12)16/h5-8,11,13H,2-4H2,1H3,(H,18,20). The van der Waals surface area contributed by atoms with E-state index in [1.54, 1.807) is 6.07 Å². The van der Waals surface area contributed by atoms with Gasteiger partial charge in [-0.2, -0.15) is 0 Å². The van der Waals surface area contributed by atoms with E-state index >= 15 is 0 Å². The van der Waals surface area contributed by atoms with E-state index in [1.165, 1.54) is 17.0 Å². The monoisotopic (exact) mass is 354 g/mol. The van der Waals surface area contributed by atoms with Crippen LogP contribution in [0.1, 0.15) is 26.2 Å². The van der Waals surface area contributed by atoms with Crippen molar-refractivity contribution in [3.8, 4) is 0 Å². The molecule has 1 aliphatic heterocycles. The molecule has 0 aromatic heterocycles.